The number of fused-ring (bicyclic) bond motifs is 5. The summed E-state index contributed by atoms with van der Waals surface area (Å²) in [6.07, 6.45) is 3.09. The molecule has 3 heteroatoms. The van der Waals surface area contributed by atoms with Crippen molar-refractivity contribution in [3.63, 3.8) is 0 Å². The number of aromatic nitrogens is 1. The summed E-state index contributed by atoms with van der Waals surface area (Å²) in [5, 5.41) is 0. The summed E-state index contributed by atoms with van der Waals surface area (Å²) in [7, 11) is 2.31. The molecule has 0 spiro atoms. The number of hydrogen-bond donors (Lipinski definition) is 1. The number of H-pyrrole nitrogens is 1. The third-order valence-corrected chi connectivity index (χ3v) is 4.70. The van der Waals surface area contributed by atoms with E-state index >= 15 is 0 Å². The van der Waals surface area contributed by atoms with Gasteiger partial charge in [0, 0.05) is 17.5 Å². The third-order valence-electron chi connectivity index (χ3n) is 4.70. The van der Waals surface area contributed by atoms with Crippen LogP contribution >= 0.6 is 0 Å². The minimum absolute atomic E-state index is 0.500. The van der Waals surface area contributed by atoms with Gasteiger partial charge < -0.3 is 4.90 Å². The maximum absolute atomic E-state index is 3.49. The van der Waals surface area contributed by atoms with Crippen molar-refractivity contribution in [1.82, 2.24) is 0 Å². The van der Waals surface area contributed by atoms with E-state index in [1.54, 1.807) is 4.90 Å². The molecule has 0 bridgehead atoms. The average Bonchev–Trinajstić information content (AvgIpc) is 2.61. The minimum Gasteiger partial charge on any atom is -0.330 e. The summed E-state index contributed by atoms with van der Waals surface area (Å²) in [6, 6.07) is 13.8. The summed E-state index contributed by atoms with van der Waals surface area (Å²) < 4.78 is 0. The summed E-state index contributed by atoms with van der Waals surface area (Å²) in [4.78, 5) is 7.70. The Bertz CT molecular complexity index is 638. The van der Waals surface area contributed by atoms with E-state index in [-0.39, 0.29) is 0 Å². The van der Waals surface area contributed by atoms with E-state index in [0.717, 1.165) is 13.0 Å². The van der Waals surface area contributed by atoms with Crippen LogP contribution in [0, 0.1) is 0 Å². The maximum atomic E-state index is 3.49. The van der Waals surface area contributed by atoms with Crippen LogP contribution in [-0.4, -0.2) is 26.7 Å². The molecule has 1 unspecified atom stereocenters. The molecule has 1 aromatic carbocycles. The van der Waals surface area contributed by atoms with Gasteiger partial charge in [0.15, 0.2) is 6.04 Å². The Kier molecular flexibility index (Phi) is 2.74. The number of nitrogens with zero attached hydrogens (tertiary/aromatic N) is 1. The number of piperazine rings is 1. The van der Waals surface area contributed by atoms with E-state index in [4.69, 9.17) is 0 Å². The van der Waals surface area contributed by atoms with Gasteiger partial charge in [-0.15, -0.1) is 0 Å². The smallest absolute Gasteiger partial charge is 0.278 e. The Labute approximate surface area is 119 Å². The Hall–Kier alpha value is -1.87. The van der Waals surface area contributed by atoms with Crippen molar-refractivity contribution in [1.29, 1.82) is 0 Å². The van der Waals surface area contributed by atoms with Gasteiger partial charge in [-0.25, -0.2) is 9.88 Å². The van der Waals surface area contributed by atoms with Crippen LogP contribution in [0.5, 0.6) is 0 Å². The normalized spacial score (nSPS) is 24.4. The lowest BCUT2D eigenvalue weighted by Gasteiger charge is -2.33. The van der Waals surface area contributed by atoms with Crippen molar-refractivity contribution >= 4 is 5.82 Å². The highest BCUT2D eigenvalue weighted by molar-refractivity contribution is 5.52. The predicted molar refractivity (Wildman–Crippen MR) is 79.0 cm³/mol. The molecule has 102 valence electrons. The molecule has 2 N–H and O–H groups in total. The number of aromatic amines is 1. The molecule has 3 heterocycles. The van der Waals surface area contributed by atoms with E-state index in [1.807, 2.05) is 0 Å². The fourth-order valence-corrected chi connectivity index (χ4v) is 3.65. The Balaban J connectivity index is 1.90. The first-order valence-corrected chi connectivity index (χ1v) is 7.48. The lowest BCUT2D eigenvalue weighted by Crippen LogP contribution is -3.12. The van der Waals surface area contributed by atoms with Crippen molar-refractivity contribution in [3.8, 4) is 0 Å². The molecule has 3 nitrogen and oxygen atoms in total. The topological polar surface area (TPSA) is 21.8 Å². The molecule has 1 saturated heterocycles. The molecule has 0 saturated carbocycles. The average molecular weight is 267 g/mol. The summed E-state index contributed by atoms with van der Waals surface area (Å²) in [6.45, 7) is 3.51. The van der Waals surface area contributed by atoms with E-state index in [9.17, 15) is 0 Å². The molecule has 4 rings (SSSR count). The van der Waals surface area contributed by atoms with Crippen molar-refractivity contribution in [2.45, 2.75) is 12.5 Å². The van der Waals surface area contributed by atoms with Gasteiger partial charge in [-0.1, -0.05) is 24.3 Å². The molecule has 2 aliphatic heterocycles. The second-order valence-electron chi connectivity index (χ2n) is 6.04. The zero-order valence-electron chi connectivity index (χ0n) is 11.9. The van der Waals surface area contributed by atoms with Crippen LogP contribution in [0.15, 0.2) is 42.6 Å². The monoisotopic (exact) mass is 267 g/mol. The van der Waals surface area contributed by atoms with Crippen LogP contribution in [0.3, 0.4) is 0 Å². The maximum Gasteiger partial charge on any atom is 0.278 e. The molecule has 1 aromatic heterocycles. The van der Waals surface area contributed by atoms with Gasteiger partial charge in [0.05, 0.1) is 13.2 Å². The molecule has 1 fully saturated rings. The van der Waals surface area contributed by atoms with E-state index in [0.29, 0.717) is 6.04 Å². The quantitative estimate of drug-likeness (QED) is 0.737. The first kappa shape index (κ1) is 11.9. The summed E-state index contributed by atoms with van der Waals surface area (Å²) >= 11 is 0. The highest BCUT2D eigenvalue weighted by Gasteiger charge is 2.40. The minimum atomic E-state index is 0.500. The number of quaternary nitrogens is 1. The second-order valence-corrected chi connectivity index (χ2v) is 6.04. The van der Waals surface area contributed by atoms with Gasteiger partial charge in [-0.3, -0.25) is 0 Å². The van der Waals surface area contributed by atoms with Crippen LogP contribution in [0.25, 0.3) is 0 Å². The summed E-state index contributed by atoms with van der Waals surface area (Å²) in [5.41, 5.74) is 4.41. The van der Waals surface area contributed by atoms with Crippen LogP contribution in [-0.2, 0) is 6.42 Å². The second kappa shape index (κ2) is 4.60. The molecule has 0 aliphatic carbocycles. The van der Waals surface area contributed by atoms with Gasteiger partial charge in [-0.05, 0) is 17.7 Å². The van der Waals surface area contributed by atoms with Gasteiger partial charge in [0.25, 0.3) is 5.82 Å². The molecular formula is C17H21N3+2. The largest absolute Gasteiger partial charge is 0.330 e. The van der Waals surface area contributed by atoms with E-state index in [2.05, 4.69) is 59.5 Å². The Morgan fingerprint density at radius 1 is 1.15 bits per heavy atom. The van der Waals surface area contributed by atoms with Crippen LogP contribution in [0.2, 0.25) is 0 Å². The van der Waals surface area contributed by atoms with Crippen molar-refractivity contribution in [3.05, 3.63) is 59.3 Å². The first-order valence-electron chi connectivity index (χ1n) is 7.48. The number of nitrogens with one attached hydrogen (secondary N) is 2. The predicted octanol–water partition coefficient (Wildman–Crippen LogP) is 0.481. The zero-order valence-corrected chi connectivity index (χ0v) is 11.9. The molecule has 20 heavy (non-hydrogen) atoms. The molecule has 2 atom stereocenters. The first-order chi connectivity index (χ1) is 9.83. The Morgan fingerprint density at radius 2 is 2.00 bits per heavy atom. The van der Waals surface area contributed by atoms with Crippen molar-refractivity contribution in [2.75, 3.05) is 31.6 Å². The lowest BCUT2D eigenvalue weighted by atomic mass is 9.96. The number of likely N-dealkylation sites (N-methyl/N-ethyl adjacent to an activating group) is 1. The standard InChI is InChI=1S/C17H19N3/c1-19-9-10-20-16(12-19)15-7-3-2-5-13(15)11-14-6-4-8-18-17(14)20/h2-8,16H,9-12H2,1H3/p+2/t16-/m0/s1. The van der Waals surface area contributed by atoms with Crippen molar-refractivity contribution in [2.24, 2.45) is 0 Å². The Morgan fingerprint density at radius 3 is 2.95 bits per heavy atom. The molecule has 0 amide bonds. The lowest BCUT2D eigenvalue weighted by molar-refractivity contribution is -0.883. The fourth-order valence-electron chi connectivity index (χ4n) is 3.65. The third kappa shape index (κ3) is 1.81. The summed E-state index contributed by atoms with van der Waals surface area (Å²) in [5.74, 6) is 1.32. The van der Waals surface area contributed by atoms with E-state index < -0.39 is 0 Å². The van der Waals surface area contributed by atoms with Gasteiger partial charge >= 0.3 is 0 Å². The van der Waals surface area contributed by atoms with Crippen molar-refractivity contribution < 1.29 is 9.88 Å². The van der Waals surface area contributed by atoms with Crippen LogP contribution < -0.4 is 14.8 Å². The molecular weight excluding hydrogens is 246 g/mol. The SMILES string of the molecule is C[NH+]1CCN2c3[nH+]cccc3Cc3ccccc3[C@@H]2C1. The van der Waals surface area contributed by atoms with Gasteiger partial charge in [0.2, 0.25) is 0 Å². The molecule has 0 radical (unpaired) electrons. The van der Waals surface area contributed by atoms with Crippen LogP contribution in [0.4, 0.5) is 5.82 Å². The van der Waals surface area contributed by atoms with E-state index in [1.165, 1.54) is 35.6 Å². The van der Waals surface area contributed by atoms with Gasteiger partial charge in [0.1, 0.15) is 19.6 Å². The number of hydrogen-bond acceptors (Lipinski definition) is 1. The number of anilines is 1. The number of benzene rings is 1. The number of rotatable bonds is 0. The molecule has 2 aliphatic rings. The number of pyridine rings is 1. The fraction of sp³-hybridized carbons (Fsp3) is 0.353. The zero-order chi connectivity index (χ0) is 13.5. The molecule has 2 aromatic rings. The highest BCUT2D eigenvalue weighted by Crippen LogP contribution is 2.34. The van der Waals surface area contributed by atoms with Gasteiger partial charge in [-0.2, -0.15) is 0 Å². The van der Waals surface area contributed by atoms with Crippen LogP contribution in [0.1, 0.15) is 22.7 Å². The highest BCUT2D eigenvalue weighted by atomic mass is 15.3.